The Kier molecular flexibility index (Phi) is 3.52. The van der Waals surface area contributed by atoms with Crippen molar-refractivity contribution in [3.05, 3.63) is 32.6 Å². The van der Waals surface area contributed by atoms with E-state index in [0.29, 0.717) is 19.8 Å². The Morgan fingerprint density at radius 3 is 3.00 bits per heavy atom. The standard InChI is InChI=1S/C12H14N4O2S/c13-16-15-8-10-7-14-11(19-10)9-1-3-12(4-2-9)17-5-6-18-12/h1,7H,2-6,8H2. The van der Waals surface area contributed by atoms with Crippen molar-refractivity contribution < 1.29 is 9.47 Å². The SMILES string of the molecule is [N-]=[N+]=NCc1cnc(C2=CCC3(CC2)OCCO3)s1. The van der Waals surface area contributed by atoms with Crippen LogP contribution in [0.5, 0.6) is 0 Å². The number of aromatic nitrogens is 1. The van der Waals surface area contributed by atoms with Gasteiger partial charge in [-0.15, -0.1) is 11.3 Å². The predicted molar refractivity (Wildman–Crippen MR) is 71.4 cm³/mol. The zero-order valence-electron chi connectivity index (χ0n) is 10.4. The fourth-order valence-electron chi connectivity index (χ4n) is 2.39. The number of nitrogens with zero attached hydrogens (tertiary/aromatic N) is 4. The van der Waals surface area contributed by atoms with Gasteiger partial charge in [0, 0.05) is 28.8 Å². The monoisotopic (exact) mass is 278 g/mol. The molecule has 100 valence electrons. The van der Waals surface area contributed by atoms with Gasteiger partial charge in [0.15, 0.2) is 5.79 Å². The minimum atomic E-state index is -0.380. The highest BCUT2D eigenvalue weighted by molar-refractivity contribution is 7.12. The topological polar surface area (TPSA) is 80.1 Å². The summed E-state index contributed by atoms with van der Waals surface area (Å²) in [5, 5.41) is 4.56. The molecule has 1 aromatic heterocycles. The molecule has 0 saturated carbocycles. The van der Waals surface area contributed by atoms with Crippen LogP contribution >= 0.6 is 11.3 Å². The number of ether oxygens (including phenoxy) is 2. The molecule has 0 aromatic carbocycles. The van der Waals surface area contributed by atoms with Gasteiger partial charge in [-0.05, 0) is 17.5 Å². The van der Waals surface area contributed by atoms with Crippen LogP contribution in [-0.4, -0.2) is 24.0 Å². The van der Waals surface area contributed by atoms with E-state index < -0.39 is 0 Å². The zero-order chi connectivity index (χ0) is 13.1. The summed E-state index contributed by atoms with van der Waals surface area (Å²) in [5.74, 6) is -0.380. The van der Waals surface area contributed by atoms with Crippen molar-refractivity contribution in [3.63, 3.8) is 0 Å². The van der Waals surface area contributed by atoms with Gasteiger partial charge < -0.3 is 9.47 Å². The first kappa shape index (κ1) is 12.6. The molecule has 0 atom stereocenters. The molecular weight excluding hydrogens is 264 g/mol. The van der Waals surface area contributed by atoms with Crippen LogP contribution in [0.25, 0.3) is 16.0 Å². The molecule has 1 aromatic rings. The highest BCUT2D eigenvalue weighted by atomic mass is 32.1. The smallest absolute Gasteiger partial charge is 0.172 e. The van der Waals surface area contributed by atoms with Crippen LogP contribution in [0, 0.1) is 0 Å². The largest absolute Gasteiger partial charge is 0.347 e. The fourth-order valence-corrected chi connectivity index (χ4v) is 3.29. The van der Waals surface area contributed by atoms with Gasteiger partial charge in [-0.1, -0.05) is 11.2 Å². The summed E-state index contributed by atoms with van der Waals surface area (Å²) >= 11 is 1.58. The first-order valence-electron chi connectivity index (χ1n) is 6.24. The molecule has 2 heterocycles. The molecule has 6 nitrogen and oxygen atoms in total. The maximum absolute atomic E-state index is 8.30. The van der Waals surface area contributed by atoms with Crippen LogP contribution in [0.4, 0.5) is 0 Å². The van der Waals surface area contributed by atoms with E-state index in [0.717, 1.165) is 29.1 Å². The predicted octanol–water partition coefficient (Wildman–Crippen LogP) is 3.26. The summed E-state index contributed by atoms with van der Waals surface area (Å²) in [6.07, 6.45) is 6.51. The van der Waals surface area contributed by atoms with E-state index in [4.69, 9.17) is 15.0 Å². The number of thiazole rings is 1. The van der Waals surface area contributed by atoms with E-state index in [-0.39, 0.29) is 5.79 Å². The second kappa shape index (κ2) is 5.30. The number of allylic oxidation sites excluding steroid dienone is 1. The molecular formula is C12H14N4O2S. The van der Waals surface area contributed by atoms with E-state index in [1.54, 1.807) is 17.5 Å². The molecule has 1 saturated heterocycles. The number of hydrogen-bond donors (Lipinski definition) is 0. The number of azide groups is 1. The fraction of sp³-hybridized carbons (Fsp3) is 0.583. The molecule has 1 aliphatic carbocycles. The molecule has 0 amide bonds. The van der Waals surface area contributed by atoms with E-state index >= 15 is 0 Å². The molecule has 3 rings (SSSR count). The molecule has 0 N–H and O–H groups in total. The summed E-state index contributed by atoms with van der Waals surface area (Å²) in [7, 11) is 0. The molecule has 0 radical (unpaired) electrons. The maximum Gasteiger partial charge on any atom is 0.172 e. The van der Waals surface area contributed by atoms with Gasteiger partial charge in [-0.25, -0.2) is 4.98 Å². The van der Waals surface area contributed by atoms with Crippen molar-refractivity contribution in [3.8, 4) is 0 Å². The quantitative estimate of drug-likeness (QED) is 0.483. The van der Waals surface area contributed by atoms with Gasteiger partial charge in [0.1, 0.15) is 5.01 Å². The van der Waals surface area contributed by atoms with Gasteiger partial charge in [-0.3, -0.25) is 0 Å². The molecule has 0 bridgehead atoms. The summed E-state index contributed by atoms with van der Waals surface area (Å²) in [6.45, 7) is 1.76. The molecule has 7 heteroatoms. The average Bonchev–Trinajstić information content (AvgIpc) is 3.08. The zero-order valence-corrected chi connectivity index (χ0v) is 11.2. The van der Waals surface area contributed by atoms with Crippen LogP contribution in [0.2, 0.25) is 0 Å². The van der Waals surface area contributed by atoms with Crippen LogP contribution in [0.1, 0.15) is 29.1 Å². The van der Waals surface area contributed by atoms with Gasteiger partial charge in [0.2, 0.25) is 0 Å². The number of hydrogen-bond acceptors (Lipinski definition) is 5. The van der Waals surface area contributed by atoms with Gasteiger partial charge >= 0.3 is 0 Å². The Morgan fingerprint density at radius 1 is 1.47 bits per heavy atom. The highest BCUT2D eigenvalue weighted by Gasteiger charge is 2.37. The van der Waals surface area contributed by atoms with Gasteiger partial charge in [0.05, 0.1) is 19.8 Å². The van der Waals surface area contributed by atoms with Crippen LogP contribution in [-0.2, 0) is 16.0 Å². The molecule has 1 aliphatic heterocycles. The third-order valence-corrected chi connectivity index (χ3v) is 4.42. The van der Waals surface area contributed by atoms with Gasteiger partial charge in [0.25, 0.3) is 0 Å². The normalized spacial score (nSPS) is 21.2. The third kappa shape index (κ3) is 2.64. The molecule has 19 heavy (non-hydrogen) atoms. The lowest BCUT2D eigenvalue weighted by Gasteiger charge is -2.30. The Balaban J connectivity index is 1.71. The van der Waals surface area contributed by atoms with Crippen molar-refractivity contribution >= 4 is 16.9 Å². The van der Waals surface area contributed by atoms with Crippen molar-refractivity contribution in [2.45, 2.75) is 31.6 Å². The highest BCUT2D eigenvalue weighted by Crippen LogP contribution is 2.39. The van der Waals surface area contributed by atoms with E-state index in [1.807, 2.05) is 0 Å². The van der Waals surface area contributed by atoms with Crippen molar-refractivity contribution in [2.75, 3.05) is 13.2 Å². The van der Waals surface area contributed by atoms with E-state index in [2.05, 4.69) is 21.1 Å². The number of rotatable bonds is 3. The summed E-state index contributed by atoms with van der Waals surface area (Å²) in [4.78, 5) is 8.14. The Labute approximate surface area is 114 Å². The van der Waals surface area contributed by atoms with E-state index in [1.165, 1.54) is 5.57 Å². The summed E-state index contributed by atoms with van der Waals surface area (Å²) < 4.78 is 11.4. The summed E-state index contributed by atoms with van der Waals surface area (Å²) in [5.41, 5.74) is 9.54. The van der Waals surface area contributed by atoms with Crippen LogP contribution in [0.3, 0.4) is 0 Å². The second-order valence-corrected chi connectivity index (χ2v) is 5.68. The summed E-state index contributed by atoms with van der Waals surface area (Å²) in [6, 6.07) is 0. The average molecular weight is 278 g/mol. The van der Waals surface area contributed by atoms with Crippen LogP contribution in [0.15, 0.2) is 17.4 Å². The maximum atomic E-state index is 8.30. The third-order valence-electron chi connectivity index (χ3n) is 3.37. The van der Waals surface area contributed by atoms with E-state index in [9.17, 15) is 0 Å². The first-order chi connectivity index (χ1) is 9.31. The molecule has 2 aliphatic rings. The Bertz CT molecular complexity index is 542. The Hall–Kier alpha value is -1.40. The minimum absolute atomic E-state index is 0.373. The molecule has 1 fully saturated rings. The van der Waals surface area contributed by atoms with Crippen molar-refractivity contribution in [1.82, 2.24) is 4.98 Å². The first-order valence-corrected chi connectivity index (χ1v) is 7.06. The van der Waals surface area contributed by atoms with Crippen LogP contribution < -0.4 is 0 Å². The second-order valence-electron chi connectivity index (χ2n) is 4.56. The lowest BCUT2D eigenvalue weighted by molar-refractivity contribution is -0.159. The van der Waals surface area contributed by atoms with Gasteiger partial charge in [-0.2, -0.15) is 0 Å². The lowest BCUT2D eigenvalue weighted by atomic mass is 9.94. The lowest BCUT2D eigenvalue weighted by Crippen LogP contribution is -2.31. The minimum Gasteiger partial charge on any atom is -0.347 e. The molecule has 1 spiro atoms. The van der Waals surface area contributed by atoms with Crippen molar-refractivity contribution in [2.24, 2.45) is 5.11 Å². The molecule has 0 unspecified atom stereocenters. The Morgan fingerprint density at radius 2 is 2.32 bits per heavy atom. The van der Waals surface area contributed by atoms with Crippen molar-refractivity contribution in [1.29, 1.82) is 0 Å².